The Labute approximate surface area is 232 Å². The summed E-state index contributed by atoms with van der Waals surface area (Å²) in [6.45, 7) is -1.13. The summed E-state index contributed by atoms with van der Waals surface area (Å²) >= 11 is 0. The molecule has 0 radical (unpaired) electrons. The summed E-state index contributed by atoms with van der Waals surface area (Å²) in [5.41, 5.74) is 5.28. The van der Waals surface area contributed by atoms with Crippen molar-refractivity contribution in [2.75, 3.05) is 20.7 Å². The largest absolute Gasteiger partial charge is 0.493 e. The molecule has 1 heterocycles. The van der Waals surface area contributed by atoms with Crippen LogP contribution in [0.25, 0.3) is 0 Å². The average Bonchev–Trinajstić information content (AvgIpc) is 2.99. The van der Waals surface area contributed by atoms with E-state index in [1.807, 2.05) is 84.9 Å². The minimum Gasteiger partial charge on any atom is -0.493 e. The van der Waals surface area contributed by atoms with Crippen LogP contribution in [0.2, 0.25) is 0 Å². The predicted octanol–water partition coefficient (Wildman–Crippen LogP) is 5.78. The Morgan fingerprint density at radius 1 is 0.821 bits per heavy atom. The molecular formula is C33H35NO5. The second kappa shape index (κ2) is 12.7. The molecule has 0 amide bonds. The molecule has 0 saturated heterocycles. The molecule has 4 aromatic carbocycles. The van der Waals surface area contributed by atoms with Crippen LogP contribution < -0.4 is 24.3 Å². The van der Waals surface area contributed by atoms with E-state index in [0.29, 0.717) is 48.2 Å². The molecule has 1 unspecified atom stereocenters. The summed E-state index contributed by atoms with van der Waals surface area (Å²) in [4.78, 5) is 0. The minimum atomic E-state index is -1.63. The van der Waals surface area contributed by atoms with Crippen LogP contribution in [0.15, 0.2) is 84.9 Å². The van der Waals surface area contributed by atoms with E-state index < -0.39 is 6.50 Å². The van der Waals surface area contributed by atoms with Gasteiger partial charge in [-0.3, -0.25) is 0 Å². The van der Waals surface area contributed by atoms with Crippen molar-refractivity contribution in [3.05, 3.63) is 118 Å². The van der Waals surface area contributed by atoms with Crippen LogP contribution in [-0.2, 0) is 32.7 Å². The zero-order chi connectivity index (χ0) is 28.8. The highest BCUT2D eigenvalue weighted by Gasteiger charge is 2.25. The Morgan fingerprint density at radius 3 is 2.10 bits per heavy atom. The Morgan fingerprint density at radius 2 is 1.49 bits per heavy atom. The molecule has 202 valence electrons. The molecular weight excluding hydrogens is 490 g/mol. The molecule has 1 atom stereocenters. The number of aliphatic hydroxyl groups excluding tert-OH is 1. The van der Waals surface area contributed by atoms with Crippen LogP contribution in [0.5, 0.6) is 23.0 Å². The molecule has 39 heavy (non-hydrogen) atoms. The fraction of sp³-hybridized carbons (Fsp3) is 0.273. The quantitative estimate of drug-likeness (QED) is 0.258. The zero-order valence-corrected chi connectivity index (χ0v) is 22.3. The molecule has 1 aliphatic heterocycles. The molecule has 0 saturated carbocycles. The van der Waals surface area contributed by atoms with Crippen molar-refractivity contribution in [1.82, 2.24) is 5.32 Å². The van der Waals surface area contributed by atoms with Crippen LogP contribution in [0.1, 0.15) is 42.2 Å². The number of nitrogens with one attached hydrogen (secondary N) is 1. The number of hydrogen-bond donors (Lipinski definition) is 2. The summed E-state index contributed by atoms with van der Waals surface area (Å²) in [6, 6.07) is 26.9. The van der Waals surface area contributed by atoms with E-state index in [4.69, 9.17) is 21.7 Å². The Bertz CT molecular complexity index is 1460. The predicted molar refractivity (Wildman–Crippen MR) is 152 cm³/mol. The van der Waals surface area contributed by atoms with Crippen LogP contribution >= 0.6 is 0 Å². The van der Waals surface area contributed by atoms with Gasteiger partial charge in [-0.2, -0.15) is 0 Å². The lowest BCUT2D eigenvalue weighted by Crippen LogP contribution is -2.31. The monoisotopic (exact) mass is 527 g/mol. The van der Waals surface area contributed by atoms with Crippen molar-refractivity contribution in [2.45, 2.75) is 38.7 Å². The third kappa shape index (κ3) is 6.19. The molecule has 5 rings (SSSR count). The molecule has 0 aliphatic carbocycles. The molecule has 6 nitrogen and oxygen atoms in total. The van der Waals surface area contributed by atoms with Crippen molar-refractivity contribution < 1.29 is 26.8 Å². The molecule has 6 heteroatoms. The van der Waals surface area contributed by atoms with Gasteiger partial charge in [-0.15, -0.1) is 0 Å². The highest BCUT2D eigenvalue weighted by atomic mass is 16.5. The first-order chi connectivity index (χ1) is 19.9. The second-order valence-corrected chi connectivity index (χ2v) is 9.40. The summed E-state index contributed by atoms with van der Waals surface area (Å²) in [7, 11) is 3.15. The topological polar surface area (TPSA) is 69.2 Å². The number of fused-ring (bicyclic) bond motifs is 1. The van der Waals surface area contributed by atoms with Gasteiger partial charge in [0.15, 0.2) is 23.0 Å². The highest BCUT2D eigenvalue weighted by molar-refractivity contribution is 5.53. The van der Waals surface area contributed by atoms with Gasteiger partial charge in [-0.05, 0) is 65.4 Å². The number of ether oxygens (including phenoxy) is 4. The van der Waals surface area contributed by atoms with Crippen molar-refractivity contribution >= 4 is 0 Å². The summed E-state index contributed by atoms with van der Waals surface area (Å²) in [5.74, 6) is 2.17. The lowest BCUT2D eigenvalue weighted by molar-refractivity contribution is 0.257. The van der Waals surface area contributed by atoms with Crippen LogP contribution in [0.4, 0.5) is 0 Å². The van der Waals surface area contributed by atoms with Gasteiger partial charge in [-0.1, -0.05) is 66.7 Å². The Balaban J connectivity index is 1.44. The van der Waals surface area contributed by atoms with Gasteiger partial charge in [0, 0.05) is 14.3 Å². The van der Waals surface area contributed by atoms with Crippen molar-refractivity contribution in [2.24, 2.45) is 0 Å². The van der Waals surface area contributed by atoms with Gasteiger partial charge in [0.05, 0.1) is 20.8 Å². The van der Waals surface area contributed by atoms with Crippen LogP contribution in [0.3, 0.4) is 0 Å². The van der Waals surface area contributed by atoms with E-state index in [-0.39, 0.29) is 19.1 Å². The lowest BCUT2D eigenvalue weighted by Gasteiger charge is -2.29. The lowest BCUT2D eigenvalue weighted by atomic mass is 9.88. The van der Waals surface area contributed by atoms with E-state index in [1.54, 1.807) is 14.2 Å². The smallest absolute Gasteiger partial charge is 0.166 e. The fourth-order valence-corrected chi connectivity index (χ4v) is 4.92. The van der Waals surface area contributed by atoms with Crippen molar-refractivity contribution in [1.29, 1.82) is 0 Å². The number of aliphatic hydroxyl groups is 1. The number of methoxy groups -OCH3 is 2. The second-order valence-electron chi connectivity index (χ2n) is 9.40. The third-order valence-electron chi connectivity index (χ3n) is 6.94. The first-order valence-corrected chi connectivity index (χ1v) is 13.0. The normalized spacial score (nSPS) is 16.4. The highest BCUT2D eigenvalue weighted by Crippen LogP contribution is 2.39. The zero-order valence-electron chi connectivity index (χ0n) is 24.3. The Kier molecular flexibility index (Phi) is 7.84. The number of rotatable bonds is 11. The molecule has 0 aromatic heterocycles. The number of hydrogen-bond acceptors (Lipinski definition) is 6. The van der Waals surface area contributed by atoms with Gasteiger partial charge >= 0.3 is 0 Å². The minimum absolute atomic E-state index is 0.191. The summed E-state index contributed by atoms with van der Waals surface area (Å²) in [5, 5.41) is 13.6. The van der Waals surface area contributed by atoms with E-state index in [9.17, 15) is 5.11 Å². The van der Waals surface area contributed by atoms with Gasteiger partial charge < -0.3 is 29.4 Å². The van der Waals surface area contributed by atoms with E-state index in [0.717, 1.165) is 27.8 Å². The molecule has 4 aromatic rings. The van der Waals surface area contributed by atoms with Gasteiger partial charge in [-0.25, -0.2) is 0 Å². The Hall–Kier alpha value is -4.00. The maximum Gasteiger partial charge on any atom is 0.166 e. The molecule has 0 spiro atoms. The van der Waals surface area contributed by atoms with E-state index in [1.165, 1.54) is 0 Å². The standard InChI is InChI=1S/C33H35NO5/c1-36-31-18-26-15-16-34-29(27(26)19-32(31)39-22-24-11-7-4-8-12-24)17-25-13-14-30(33(37-2)28(25)20-35)38-21-23-9-5-3-6-10-23/h3-14,18-19,29,34-35H,15-17,20-22H2,1-2H3/i16D2. The molecule has 1 aliphatic rings. The molecule has 2 N–H and O–H groups in total. The molecule has 0 bridgehead atoms. The summed E-state index contributed by atoms with van der Waals surface area (Å²) < 4.78 is 40.7. The first kappa shape index (κ1) is 24.1. The van der Waals surface area contributed by atoms with Gasteiger partial charge in [0.25, 0.3) is 0 Å². The first-order valence-electron chi connectivity index (χ1n) is 14.0. The van der Waals surface area contributed by atoms with Crippen LogP contribution in [0, 0.1) is 0 Å². The average molecular weight is 528 g/mol. The summed E-state index contributed by atoms with van der Waals surface area (Å²) in [6.07, 6.45) is 0.610. The van der Waals surface area contributed by atoms with E-state index in [2.05, 4.69) is 5.32 Å². The fourth-order valence-electron chi connectivity index (χ4n) is 4.92. The SMILES string of the molecule is [2H]C1([2H])Cc2cc(OC)c(OCc3ccccc3)cc2C(Cc2ccc(OCc3ccccc3)c(OC)c2CO)N1. The van der Waals surface area contributed by atoms with Crippen molar-refractivity contribution in [3.63, 3.8) is 0 Å². The maximum absolute atomic E-state index is 10.4. The van der Waals surface area contributed by atoms with Gasteiger partial charge in [0.2, 0.25) is 0 Å². The van der Waals surface area contributed by atoms with Crippen molar-refractivity contribution in [3.8, 4) is 23.0 Å². The van der Waals surface area contributed by atoms with Gasteiger partial charge in [0.1, 0.15) is 13.2 Å². The molecule has 0 fully saturated rings. The third-order valence-corrected chi connectivity index (χ3v) is 6.94. The van der Waals surface area contributed by atoms with E-state index >= 15 is 0 Å². The number of aryl methyl sites for hydroxylation is 1. The number of benzene rings is 4. The maximum atomic E-state index is 10.4. The van der Waals surface area contributed by atoms with Crippen LogP contribution in [-0.4, -0.2) is 25.8 Å².